The van der Waals surface area contributed by atoms with Gasteiger partial charge in [-0.3, -0.25) is 14.6 Å². The van der Waals surface area contributed by atoms with Gasteiger partial charge in [0.15, 0.2) is 0 Å². The highest BCUT2D eigenvalue weighted by Crippen LogP contribution is 2.33. The molecule has 0 atom stereocenters. The van der Waals surface area contributed by atoms with E-state index < -0.39 is 5.92 Å². The highest BCUT2D eigenvalue weighted by atomic mass is 16.5. The predicted octanol–water partition coefficient (Wildman–Crippen LogP) is 1.28. The van der Waals surface area contributed by atoms with E-state index in [2.05, 4.69) is 4.99 Å². The summed E-state index contributed by atoms with van der Waals surface area (Å²) in [4.78, 5) is 27.5. The Hall–Kier alpha value is -1.03. The Balaban J connectivity index is 2.58. The summed E-state index contributed by atoms with van der Waals surface area (Å²) >= 11 is 0. The molecular formula is C12H19NO3. The molecule has 0 radical (unpaired) electrons. The van der Waals surface area contributed by atoms with Gasteiger partial charge in [-0.05, 0) is 5.41 Å². The van der Waals surface area contributed by atoms with Crippen LogP contribution in [0.5, 0.6) is 0 Å². The van der Waals surface area contributed by atoms with Gasteiger partial charge in [-0.25, -0.2) is 0 Å². The van der Waals surface area contributed by atoms with Gasteiger partial charge in [0.05, 0.1) is 13.2 Å². The second kappa shape index (κ2) is 5.34. The quantitative estimate of drug-likeness (QED) is 0.411. The molecule has 1 aliphatic rings. The average molecular weight is 225 g/mol. The molecule has 0 aromatic rings. The van der Waals surface area contributed by atoms with Crippen molar-refractivity contribution in [2.75, 3.05) is 20.3 Å². The lowest BCUT2D eigenvalue weighted by Gasteiger charge is -2.30. The van der Waals surface area contributed by atoms with Gasteiger partial charge in [0.1, 0.15) is 17.5 Å². The van der Waals surface area contributed by atoms with Gasteiger partial charge in [-0.2, -0.15) is 0 Å². The summed E-state index contributed by atoms with van der Waals surface area (Å²) in [7, 11) is 1.59. The van der Waals surface area contributed by atoms with Crippen molar-refractivity contribution in [3.63, 3.8) is 0 Å². The van der Waals surface area contributed by atoms with Crippen molar-refractivity contribution in [1.29, 1.82) is 0 Å². The van der Waals surface area contributed by atoms with Crippen LogP contribution in [0.3, 0.4) is 0 Å². The lowest BCUT2D eigenvalue weighted by Crippen LogP contribution is -2.38. The van der Waals surface area contributed by atoms with Gasteiger partial charge >= 0.3 is 0 Å². The summed E-state index contributed by atoms with van der Waals surface area (Å²) < 4.78 is 4.83. The van der Waals surface area contributed by atoms with Crippen LogP contribution in [-0.2, 0) is 14.3 Å². The molecule has 0 amide bonds. The van der Waals surface area contributed by atoms with E-state index in [1.165, 1.54) is 6.21 Å². The fourth-order valence-electron chi connectivity index (χ4n) is 1.90. The molecule has 1 saturated carbocycles. The van der Waals surface area contributed by atoms with Crippen molar-refractivity contribution in [2.45, 2.75) is 26.7 Å². The number of rotatable bonds is 4. The van der Waals surface area contributed by atoms with Crippen LogP contribution in [0.1, 0.15) is 26.7 Å². The zero-order valence-electron chi connectivity index (χ0n) is 10.2. The highest BCUT2D eigenvalue weighted by molar-refractivity contribution is 6.16. The molecule has 0 bridgehead atoms. The molecule has 0 heterocycles. The molecule has 0 aromatic carbocycles. The third-order valence-corrected chi connectivity index (χ3v) is 2.68. The van der Waals surface area contributed by atoms with Crippen molar-refractivity contribution in [3.05, 3.63) is 0 Å². The van der Waals surface area contributed by atoms with Gasteiger partial charge in [0.2, 0.25) is 0 Å². The molecule has 90 valence electrons. The third-order valence-electron chi connectivity index (χ3n) is 2.68. The molecule has 1 aliphatic carbocycles. The number of aliphatic imine (C=N–C) groups is 1. The van der Waals surface area contributed by atoms with E-state index in [0.29, 0.717) is 26.0 Å². The zero-order valence-corrected chi connectivity index (χ0v) is 10.2. The van der Waals surface area contributed by atoms with Gasteiger partial charge in [0.25, 0.3) is 0 Å². The normalized spacial score (nSPS) is 21.9. The number of nitrogens with zero attached hydrogens (tertiary/aromatic N) is 1. The first-order chi connectivity index (χ1) is 7.46. The Labute approximate surface area is 96.1 Å². The van der Waals surface area contributed by atoms with Gasteiger partial charge in [-0.1, -0.05) is 13.8 Å². The van der Waals surface area contributed by atoms with Crippen LogP contribution in [0.2, 0.25) is 0 Å². The summed E-state index contributed by atoms with van der Waals surface area (Å²) in [6, 6.07) is 0. The maximum Gasteiger partial charge on any atom is 0.149 e. The number of methoxy groups -OCH3 is 1. The van der Waals surface area contributed by atoms with Crippen LogP contribution in [0, 0.1) is 11.3 Å². The number of hydrogen-bond acceptors (Lipinski definition) is 4. The number of ether oxygens (including phenoxy) is 1. The lowest BCUT2D eigenvalue weighted by molar-refractivity contribution is -0.136. The van der Waals surface area contributed by atoms with Crippen molar-refractivity contribution in [3.8, 4) is 0 Å². The molecule has 0 saturated heterocycles. The third kappa shape index (κ3) is 3.52. The van der Waals surface area contributed by atoms with Crippen LogP contribution >= 0.6 is 0 Å². The van der Waals surface area contributed by atoms with E-state index in [0.717, 1.165) is 0 Å². The number of Topliss-reactive ketones (excluding diaryl/α,β-unsaturated/α-hetero) is 2. The summed E-state index contributed by atoms with van der Waals surface area (Å²) in [5.74, 6) is -0.644. The lowest BCUT2D eigenvalue weighted by atomic mass is 9.72. The van der Waals surface area contributed by atoms with Crippen LogP contribution in [0.25, 0.3) is 0 Å². The standard InChI is InChI=1S/C12H19NO3/c1-12(2)6-10(14)9(11(15)7-12)8-13-4-5-16-3/h8-9H,4-7H2,1-3H3. The van der Waals surface area contributed by atoms with E-state index in [1.807, 2.05) is 13.8 Å². The number of carbonyl (C=O) groups excluding carboxylic acids is 2. The van der Waals surface area contributed by atoms with E-state index in [9.17, 15) is 9.59 Å². The molecule has 0 aliphatic heterocycles. The maximum absolute atomic E-state index is 11.7. The Morgan fingerprint density at radius 1 is 1.38 bits per heavy atom. The van der Waals surface area contributed by atoms with Gasteiger partial charge < -0.3 is 4.74 Å². The molecule has 0 unspecified atom stereocenters. The predicted molar refractivity (Wildman–Crippen MR) is 61.8 cm³/mol. The van der Waals surface area contributed by atoms with Crippen molar-refractivity contribution in [2.24, 2.45) is 16.3 Å². The summed E-state index contributed by atoms with van der Waals surface area (Å²) in [6.45, 7) is 4.90. The highest BCUT2D eigenvalue weighted by Gasteiger charge is 2.38. The molecule has 0 spiro atoms. The van der Waals surface area contributed by atoms with E-state index in [1.54, 1.807) is 7.11 Å². The monoisotopic (exact) mass is 225 g/mol. The fourth-order valence-corrected chi connectivity index (χ4v) is 1.90. The number of ketones is 2. The van der Waals surface area contributed by atoms with Gasteiger partial charge in [-0.15, -0.1) is 0 Å². The minimum absolute atomic E-state index is 0.0117. The molecule has 0 N–H and O–H groups in total. The summed E-state index contributed by atoms with van der Waals surface area (Å²) in [5, 5.41) is 0. The van der Waals surface area contributed by atoms with Crippen LogP contribution < -0.4 is 0 Å². The molecule has 4 nitrogen and oxygen atoms in total. The van der Waals surface area contributed by atoms with E-state index >= 15 is 0 Å². The summed E-state index contributed by atoms with van der Waals surface area (Å²) in [5.41, 5.74) is -0.189. The smallest absolute Gasteiger partial charge is 0.149 e. The topological polar surface area (TPSA) is 55.7 Å². The fraction of sp³-hybridized carbons (Fsp3) is 0.750. The second-order valence-corrected chi connectivity index (χ2v) is 4.98. The molecule has 1 fully saturated rings. The molecular weight excluding hydrogens is 206 g/mol. The first kappa shape index (κ1) is 13.0. The Kier molecular flexibility index (Phi) is 4.35. The van der Waals surface area contributed by atoms with Crippen molar-refractivity contribution < 1.29 is 14.3 Å². The molecule has 16 heavy (non-hydrogen) atoms. The van der Waals surface area contributed by atoms with E-state index in [4.69, 9.17) is 4.74 Å². The molecule has 4 heteroatoms. The maximum atomic E-state index is 11.7. The number of carbonyl (C=O) groups is 2. The Morgan fingerprint density at radius 3 is 2.44 bits per heavy atom. The first-order valence-electron chi connectivity index (χ1n) is 5.50. The zero-order chi connectivity index (χ0) is 12.2. The summed E-state index contributed by atoms with van der Waals surface area (Å²) in [6.07, 6.45) is 2.40. The van der Waals surface area contributed by atoms with Crippen LogP contribution in [-0.4, -0.2) is 38.0 Å². The van der Waals surface area contributed by atoms with Crippen molar-refractivity contribution >= 4 is 17.8 Å². The largest absolute Gasteiger partial charge is 0.383 e. The molecule has 0 aromatic heterocycles. The molecule has 1 rings (SSSR count). The Morgan fingerprint density at radius 2 is 1.94 bits per heavy atom. The SMILES string of the molecule is COCCN=CC1C(=O)CC(C)(C)CC1=O. The minimum atomic E-state index is -0.620. The average Bonchev–Trinajstić information content (AvgIpc) is 2.13. The van der Waals surface area contributed by atoms with Crippen LogP contribution in [0.15, 0.2) is 4.99 Å². The van der Waals surface area contributed by atoms with Gasteiger partial charge in [0, 0.05) is 26.2 Å². The Bertz CT molecular complexity index is 287. The van der Waals surface area contributed by atoms with Crippen LogP contribution in [0.4, 0.5) is 0 Å². The van der Waals surface area contributed by atoms with E-state index in [-0.39, 0.29) is 17.0 Å². The van der Waals surface area contributed by atoms with Crippen molar-refractivity contribution in [1.82, 2.24) is 0 Å². The number of hydrogen-bond donors (Lipinski definition) is 0. The minimum Gasteiger partial charge on any atom is -0.383 e. The second-order valence-electron chi connectivity index (χ2n) is 4.98. The first-order valence-corrected chi connectivity index (χ1v) is 5.50.